The van der Waals surface area contributed by atoms with Crippen LogP contribution in [0.25, 0.3) is 0 Å². The van der Waals surface area contributed by atoms with Crippen molar-refractivity contribution in [2.45, 2.75) is 46.1 Å². The number of halogens is 3. The van der Waals surface area contributed by atoms with Crippen molar-refractivity contribution in [2.24, 2.45) is 0 Å². The second-order valence-electron chi connectivity index (χ2n) is 7.47. The second-order valence-corrected chi connectivity index (χ2v) is 7.47. The molecule has 3 rings (SSSR count). The summed E-state index contributed by atoms with van der Waals surface area (Å²) in [6.45, 7) is 7.28. The topological polar surface area (TPSA) is 80.6 Å². The number of ketones is 1. The molecule has 2 aromatic rings. The third-order valence-electron chi connectivity index (χ3n) is 5.43. The van der Waals surface area contributed by atoms with Crippen molar-refractivity contribution in [2.75, 3.05) is 6.54 Å². The summed E-state index contributed by atoms with van der Waals surface area (Å²) in [7, 11) is 0. The van der Waals surface area contributed by atoms with Crippen LogP contribution in [0.1, 0.15) is 41.2 Å². The lowest BCUT2D eigenvalue weighted by atomic mass is 9.92. The lowest BCUT2D eigenvalue weighted by Crippen LogP contribution is -2.41. The Morgan fingerprint density at radius 1 is 1.16 bits per heavy atom. The molecule has 0 radical (unpaired) electrons. The number of rotatable bonds is 6. The molecule has 1 aliphatic rings. The normalized spacial score (nSPS) is 19.0. The Hall–Kier alpha value is -3.30. The first kappa shape index (κ1) is 22.4. The number of aromatic nitrogens is 1. The van der Waals surface area contributed by atoms with E-state index in [4.69, 9.17) is 0 Å². The molecular formula is C21H22F3N3O4. The highest BCUT2D eigenvalue weighted by atomic mass is 19.4. The first-order valence-electron chi connectivity index (χ1n) is 9.57. The number of carbonyl (C=O) groups excluding carboxylic acids is 3. The van der Waals surface area contributed by atoms with Gasteiger partial charge < -0.3 is 14.6 Å². The predicted molar refractivity (Wildman–Crippen MR) is 105 cm³/mol. The maximum absolute atomic E-state index is 13.0. The zero-order valence-electron chi connectivity index (χ0n) is 17.5. The van der Waals surface area contributed by atoms with Crippen LogP contribution in [0.4, 0.5) is 18.0 Å². The number of nitrogens with zero attached hydrogens (tertiary/aromatic N) is 2. The number of hydrogen-bond donors (Lipinski definition) is 1. The van der Waals surface area contributed by atoms with Gasteiger partial charge in [0.1, 0.15) is 11.3 Å². The molecule has 1 saturated heterocycles. The minimum Gasteiger partial charge on any atom is -0.406 e. The van der Waals surface area contributed by atoms with Crippen molar-refractivity contribution >= 4 is 17.7 Å². The average Bonchev–Trinajstić information content (AvgIpc) is 3.08. The minimum absolute atomic E-state index is 0.263. The maximum Gasteiger partial charge on any atom is 0.573 e. The fourth-order valence-corrected chi connectivity index (χ4v) is 3.82. The van der Waals surface area contributed by atoms with E-state index in [2.05, 4.69) is 10.1 Å². The number of benzene rings is 1. The van der Waals surface area contributed by atoms with Crippen molar-refractivity contribution in [1.29, 1.82) is 0 Å². The molecule has 0 spiro atoms. The van der Waals surface area contributed by atoms with Gasteiger partial charge >= 0.3 is 12.4 Å². The highest BCUT2D eigenvalue weighted by molar-refractivity contribution is 6.11. The van der Waals surface area contributed by atoms with Gasteiger partial charge in [0, 0.05) is 23.5 Å². The van der Waals surface area contributed by atoms with Gasteiger partial charge in [-0.2, -0.15) is 0 Å². The molecule has 1 atom stereocenters. The number of alkyl halides is 3. The number of ether oxygens (including phenoxy) is 1. The summed E-state index contributed by atoms with van der Waals surface area (Å²) in [5, 5.41) is 2.53. The van der Waals surface area contributed by atoms with Crippen molar-refractivity contribution in [3.63, 3.8) is 0 Å². The largest absolute Gasteiger partial charge is 0.573 e. The van der Waals surface area contributed by atoms with E-state index in [1.54, 1.807) is 13.0 Å². The van der Waals surface area contributed by atoms with E-state index in [0.717, 1.165) is 28.4 Å². The van der Waals surface area contributed by atoms with E-state index in [1.165, 1.54) is 19.1 Å². The monoisotopic (exact) mass is 437 g/mol. The van der Waals surface area contributed by atoms with Gasteiger partial charge in [-0.3, -0.25) is 14.5 Å². The van der Waals surface area contributed by atoms with Gasteiger partial charge in [-0.25, -0.2) is 4.79 Å². The molecule has 1 aromatic carbocycles. The van der Waals surface area contributed by atoms with Gasteiger partial charge in [0.05, 0.1) is 6.54 Å². The third-order valence-corrected chi connectivity index (χ3v) is 5.43. The van der Waals surface area contributed by atoms with E-state index >= 15 is 0 Å². The first-order chi connectivity index (χ1) is 14.4. The third kappa shape index (κ3) is 4.14. The number of aryl methyl sites for hydroxylation is 1. The highest BCUT2D eigenvalue weighted by Gasteiger charge is 2.49. The summed E-state index contributed by atoms with van der Waals surface area (Å²) >= 11 is 0. The Labute approximate surface area is 176 Å². The number of imide groups is 1. The van der Waals surface area contributed by atoms with E-state index in [1.807, 2.05) is 18.4 Å². The first-order valence-corrected chi connectivity index (χ1v) is 9.57. The van der Waals surface area contributed by atoms with Gasteiger partial charge in [0.2, 0.25) is 0 Å². The summed E-state index contributed by atoms with van der Waals surface area (Å²) in [6, 6.07) is 5.61. The molecule has 1 unspecified atom stereocenters. The molecule has 0 bridgehead atoms. The Balaban J connectivity index is 1.81. The molecule has 7 nitrogen and oxygen atoms in total. The van der Waals surface area contributed by atoms with Gasteiger partial charge in [0.15, 0.2) is 5.78 Å². The summed E-state index contributed by atoms with van der Waals surface area (Å²) in [6.07, 6.45) is -4.84. The van der Waals surface area contributed by atoms with Crippen molar-refractivity contribution in [3.8, 4) is 5.75 Å². The highest BCUT2D eigenvalue weighted by Crippen LogP contribution is 2.31. The summed E-state index contributed by atoms with van der Waals surface area (Å²) in [5.41, 5.74) is 0.822. The van der Waals surface area contributed by atoms with Crippen LogP contribution in [0.5, 0.6) is 5.75 Å². The Kier molecular flexibility index (Phi) is 5.60. The number of carbonyl (C=O) groups is 3. The number of amides is 3. The molecule has 166 valence electrons. The lowest BCUT2D eigenvalue weighted by molar-refractivity contribution is -0.274. The van der Waals surface area contributed by atoms with Gasteiger partial charge in [-0.1, -0.05) is 12.1 Å². The standard InChI is InChI=1S/C21H22F3N3O4/c1-5-26-12(2)10-16(13(26)3)17(28)11-27-18(29)20(4,25-19(27)30)14-6-8-15(9-7-14)31-21(22,23)24/h6-10H,5,11H2,1-4H3,(H,25,30). The van der Waals surface area contributed by atoms with Crippen LogP contribution in [-0.2, 0) is 16.9 Å². The molecule has 10 heteroatoms. The van der Waals surface area contributed by atoms with E-state index in [9.17, 15) is 27.6 Å². The molecule has 1 N–H and O–H groups in total. The molecule has 1 aliphatic heterocycles. The fourth-order valence-electron chi connectivity index (χ4n) is 3.82. The van der Waals surface area contributed by atoms with E-state index < -0.39 is 36.1 Å². The molecule has 0 saturated carbocycles. The van der Waals surface area contributed by atoms with Crippen molar-refractivity contribution in [1.82, 2.24) is 14.8 Å². The number of urea groups is 1. The SMILES string of the molecule is CCn1c(C)cc(C(=O)CN2C(=O)NC(C)(c3ccc(OC(F)(F)F)cc3)C2=O)c1C. The van der Waals surface area contributed by atoms with Gasteiger partial charge in [-0.15, -0.1) is 13.2 Å². The average molecular weight is 437 g/mol. The van der Waals surface area contributed by atoms with Crippen LogP contribution in [0.2, 0.25) is 0 Å². The van der Waals surface area contributed by atoms with Gasteiger partial charge in [-0.05, 0) is 51.5 Å². The zero-order valence-corrected chi connectivity index (χ0v) is 17.5. The number of hydrogen-bond acceptors (Lipinski definition) is 4. The van der Waals surface area contributed by atoms with Gasteiger partial charge in [0.25, 0.3) is 5.91 Å². The number of nitrogens with one attached hydrogen (secondary N) is 1. The molecule has 1 aromatic heterocycles. The maximum atomic E-state index is 13.0. The minimum atomic E-state index is -4.84. The molecule has 1 fully saturated rings. The van der Waals surface area contributed by atoms with Crippen LogP contribution >= 0.6 is 0 Å². The van der Waals surface area contributed by atoms with Crippen molar-refractivity contribution < 1.29 is 32.3 Å². The predicted octanol–water partition coefficient (Wildman–Crippen LogP) is 3.67. The zero-order chi connectivity index (χ0) is 23.1. The van der Waals surface area contributed by atoms with Crippen LogP contribution in [0.15, 0.2) is 30.3 Å². The summed E-state index contributed by atoms with van der Waals surface area (Å²) < 4.78 is 42.8. The Morgan fingerprint density at radius 2 is 1.77 bits per heavy atom. The van der Waals surface area contributed by atoms with Crippen LogP contribution in [0, 0.1) is 13.8 Å². The van der Waals surface area contributed by atoms with Crippen LogP contribution < -0.4 is 10.1 Å². The second kappa shape index (κ2) is 7.75. The lowest BCUT2D eigenvalue weighted by Gasteiger charge is -2.22. The molecule has 31 heavy (non-hydrogen) atoms. The van der Waals surface area contributed by atoms with E-state index in [-0.39, 0.29) is 11.3 Å². The molecule has 0 aliphatic carbocycles. The van der Waals surface area contributed by atoms with E-state index in [0.29, 0.717) is 12.1 Å². The quantitative estimate of drug-likeness (QED) is 0.552. The summed E-state index contributed by atoms with van der Waals surface area (Å²) in [4.78, 5) is 39.1. The van der Waals surface area contributed by atoms with Crippen LogP contribution in [-0.4, -0.2) is 40.1 Å². The molecular weight excluding hydrogens is 415 g/mol. The molecule has 2 heterocycles. The Morgan fingerprint density at radius 3 is 2.29 bits per heavy atom. The Bertz CT molecular complexity index is 1040. The van der Waals surface area contributed by atoms with Crippen molar-refractivity contribution in [3.05, 3.63) is 52.8 Å². The molecule has 3 amide bonds. The fraction of sp³-hybridized carbons (Fsp3) is 0.381. The number of Topliss-reactive ketones (excluding diaryl/α,β-unsaturated/α-hetero) is 1. The van der Waals surface area contributed by atoms with Crippen LogP contribution in [0.3, 0.4) is 0 Å². The summed E-state index contributed by atoms with van der Waals surface area (Å²) in [5.74, 6) is -1.50. The smallest absolute Gasteiger partial charge is 0.406 e.